The minimum absolute atomic E-state index is 0.194. The first-order chi connectivity index (χ1) is 7.83. The fourth-order valence-electron chi connectivity index (χ4n) is 0.289. The predicted molar refractivity (Wildman–Crippen MR) is 83.2 cm³/mol. The predicted octanol–water partition coefficient (Wildman–Crippen LogP) is 2.31. The summed E-state index contributed by atoms with van der Waals surface area (Å²) in [6, 6.07) is 0. The number of aliphatic hydroxyl groups excluding tert-OH is 1. The van der Waals surface area contributed by atoms with Gasteiger partial charge in [0, 0.05) is 11.3 Å². The van der Waals surface area contributed by atoms with Crippen LogP contribution >= 0.6 is 12.6 Å². The molecule has 1 rings (SSSR count). The summed E-state index contributed by atoms with van der Waals surface area (Å²) in [5, 5.41) is 13.9. The molecule has 0 aromatic heterocycles. The summed E-state index contributed by atoms with van der Waals surface area (Å²) < 4.78 is 0.194. The Morgan fingerprint density at radius 2 is 1.47 bits per heavy atom. The van der Waals surface area contributed by atoms with E-state index in [1.807, 2.05) is 0 Å². The van der Waals surface area contributed by atoms with Gasteiger partial charge in [0.1, 0.15) is 0 Å². The fraction of sp³-hybridized carbons (Fsp3) is 1.00. The molecule has 17 heavy (non-hydrogen) atoms. The number of likely N-dealkylation sites (N-methyl/N-ethyl adjacent to an activating group) is 1. The van der Waals surface area contributed by atoms with Gasteiger partial charge >= 0.3 is 0 Å². The van der Waals surface area contributed by atoms with Crippen LogP contribution in [-0.4, -0.2) is 43.1 Å². The molecular formula is C13H34N2OS. The van der Waals surface area contributed by atoms with Gasteiger partial charge in [0.05, 0.1) is 6.61 Å². The minimum Gasteiger partial charge on any atom is -0.395 e. The van der Waals surface area contributed by atoms with E-state index in [4.69, 9.17) is 5.11 Å². The fourth-order valence-corrected chi connectivity index (χ4v) is 0.289. The Bertz CT molecular complexity index is 100. The highest BCUT2D eigenvalue weighted by molar-refractivity contribution is 7.81. The summed E-state index contributed by atoms with van der Waals surface area (Å²) in [4.78, 5) is 0. The summed E-state index contributed by atoms with van der Waals surface area (Å²) in [7, 11) is 1.80. The second kappa shape index (κ2) is 18.6. The van der Waals surface area contributed by atoms with E-state index in [9.17, 15) is 0 Å². The van der Waals surface area contributed by atoms with Crippen molar-refractivity contribution in [2.45, 2.75) is 52.2 Å². The van der Waals surface area contributed by atoms with Gasteiger partial charge in [-0.15, -0.1) is 0 Å². The lowest BCUT2D eigenvalue weighted by molar-refractivity contribution is 0.296. The second-order valence-electron chi connectivity index (χ2n) is 4.81. The smallest absolute Gasteiger partial charge is 0.0555 e. The number of hydrogen-bond acceptors (Lipinski definition) is 4. The highest BCUT2D eigenvalue weighted by atomic mass is 32.1. The maximum atomic E-state index is 8.00. The van der Waals surface area contributed by atoms with Gasteiger partial charge in [-0.05, 0) is 26.6 Å². The van der Waals surface area contributed by atoms with Crippen LogP contribution in [0.1, 0.15) is 47.5 Å². The molecule has 0 bridgehead atoms. The lowest BCUT2D eigenvalue weighted by Crippen LogP contribution is -2.29. The van der Waals surface area contributed by atoms with Crippen molar-refractivity contribution in [1.29, 1.82) is 0 Å². The summed E-state index contributed by atoms with van der Waals surface area (Å²) in [5.41, 5.74) is 0. The van der Waals surface area contributed by atoms with Crippen molar-refractivity contribution in [3.63, 3.8) is 0 Å². The first kappa shape index (κ1) is 22.4. The van der Waals surface area contributed by atoms with Crippen LogP contribution in [0.5, 0.6) is 0 Å². The Labute approximate surface area is 114 Å². The molecule has 4 heteroatoms. The Morgan fingerprint density at radius 3 is 1.47 bits per heavy atom. The van der Waals surface area contributed by atoms with Gasteiger partial charge < -0.3 is 15.7 Å². The minimum atomic E-state index is 0.194. The van der Waals surface area contributed by atoms with E-state index in [0.29, 0.717) is 6.54 Å². The van der Waals surface area contributed by atoms with E-state index in [1.54, 1.807) is 7.05 Å². The van der Waals surface area contributed by atoms with Crippen LogP contribution < -0.4 is 10.6 Å². The lowest BCUT2D eigenvalue weighted by atomic mass is 10.3. The van der Waals surface area contributed by atoms with Crippen LogP contribution in [0.2, 0.25) is 0 Å². The van der Waals surface area contributed by atoms with Gasteiger partial charge in [0.15, 0.2) is 0 Å². The van der Waals surface area contributed by atoms with Gasteiger partial charge in [-0.2, -0.15) is 12.6 Å². The Hall–Kier alpha value is 0.230. The Kier molecular flexibility index (Phi) is 24.5. The van der Waals surface area contributed by atoms with Crippen molar-refractivity contribution in [1.82, 2.24) is 10.6 Å². The van der Waals surface area contributed by atoms with Gasteiger partial charge in [-0.1, -0.05) is 41.0 Å². The molecule has 108 valence electrons. The van der Waals surface area contributed by atoms with Crippen LogP contribution in [0, 0.1) is 0 Å². The molecule has 0 amide bonds. The molecule has 1 heterocycles. The maximum Gasteiger partial charge on any atom is 0.0555 e. The summed E-state index contributed by atoms with van der Waals surface area (Å²) in [5.74, 6) is 0. The largest absolute Gasteiger partial charge is 0.395 e. The van der Waals surface area contributed by atoms with Crippen LogP contribution in [0.25, 0.3) is 0 Å². The van der Waals surface area contributed by atoms with E-state index in [2.05, 4.69) is 57.9 Å². The molecule has 0 unspecified atom stereocenters. The first-order valence-corrected chi connectivity index (χ1v) is 6.96. The van der Waals surface area contributed by atoms with E-state index >= 15 is 0 Å². The average molecular weight is 266 g/mol. The van der Waals surface area contributed by atoms with Gasteiger partial charge in [-0.3, -0.25) is 0 Å². The highest BCUT2D eigenvalue weighted by Crippen LogP contribution is 2.07. The topological polar surface area (TPSA) is 44.3 Å². The molecule has 0 aromatic rings. The summed E-state index contributed by atoms with van der Waals surface area (Å²) in [6.07, 6.45) is 2.64. The second-order valence-corrected chi connectivity index (χ2v) is 6.15. The van der Waals surface area contributed by atoms with Gasteiger partial charge in [0.25, 0.3) is 0 Å². The molecule has 0 radical (unpaired) electrons. The van der Waals surface area contributed by atoms with Crippen molar-refractivity contribution in [2.24, 2.45) is 0 Å². The zero-order valence-corrected chi connectivity index (χ0v) is 13.5. The number of hydrogen-bond donors (Lipinski definition) is 4. The number of nitrogens with one attached hydrogen (secondary N) is 2. The summed E-state index contributed by atoms with van der Waals surface area (Å²) in [6.45, 7) is 13.8. The zero-order chi connectivity index (χ0) is 14.2. The SMILES string of the molecule is C1CNC1.CC(C)(C)S.CCC.CNCCO. The lowest BCUT2D eigenvalue weighted by Gasteiger charge is -2.09. The normalized spacial score (nSPS) is 12.7. The summed E-state index contributed by atoms with van der Waals surface area (Å²) >= 11 is 4.12. The van der Waals surface area contributed by atoms with E-state index in [-0.39, 0.29) is 11.4 Å². The molecule has 3 nitrogen and oxygen atoms in total. The molecule has 0 atom stereocenters. The zero-order valence-electron chi connectivity index (χ0n) is 12.6. The molecule has 0 aliphatic carbocycles. The van der Waals surface area contributed by atoms with Crippen LogP contribution in [0.15, 0.2) is 0 Å². The molecule has 1 aliphatic rings. The molecule has 1 aliphatic heterocycles. The standard InChI is InChI=1S/C4H10S.C3H9NO.C3H7N.C3H8/c1-4(2,3)5;1-4-2-3-5;1-2-4-3-1;1-3-2/h5H,1-3H3;4-5H,2-3H2,1H3;4H,1-3H2;3H2,1-2H3. The van der Waals surface area contributed by atoms with Gasteiger partial charge in [0.2, 0.25) is 0 Å². The third-order valence-electron chi connectivity index (χ3n) is 1.07. The van der Waals surface area contributed by atoms with Gasteiger partial charge in [-0.25, -0.2) is 0 Å². The van der Waals surface area contributed by atoms with Crippen molar-refractivity contribution >= 4 is 12.6 Å². The molecule has 3 N–H and O–H groups in total. The first-order valence-electron chi connectivity index (χ1n) is 6.51. The number of aliphatic hydroxyl groups is 1. The highest BCUT2D eigenvalue weighted by Gasteiger charge is 1.96. The van der Waals surface area contributed by atoms with Crippen molar-refractivity contribution in [2.75, 3.05) is 33.3 Å². The molecule has 0 aromatic carbocycles. The third-order valence-corrected chi connectivity index (χ3v) is 1.07. The third kappa shape index (κ3) is 84.7. The Balaban J connectivity index is -0.000000156. The average Bonchev–Trinajstić information content (AvgIpc) is 2.00. The molecule has 0 spiro atoms. The molecule has 0 saturated carbocycles. The molecular weight excluding hydrogens is 232 g/mol. The van der Waals surface area contributed by atoms with E-state index in [1.165, 1.54) is 25.9 Å². The maximum absolute atomic E-state index is 8.00. The molecule has 1 fully saturated rings. The number of rotatable bonds is 2. The Morgan fingerprint density at radius 1 is 1.24 bits per heavy atom. The van der Waals surface area contributed by atoms with Crippen LogP contribution in [-0.2, 0) is 0 Å². The van der Waals surface area contributed by atoms with Crippen LogP contribution in [0.3, 0.4) is 0 Å². The van der Waals surface area contributed by atoms with Crippen molar-refractivity contribution in [3.05, 3.63) is 0 Å². The van der Waals surface area contributed by atoms with E-state index in [0.717, 1.165) is 0 Å². The van der Waals surface area contributed by atoms with E-state index < -0.39 is 0 Å². The quantitative estimate of drug-likeness (QED) is 0.580. The monoisotopic (exact) mass is 266 g/mol. The van der Waals surface area contributed by atoms with Crippen LogP contribution in [0.4, 0.5) is 0 Å². The van der Waals surface area contributed by atoms with Crippen molar-refractivity contribution in [3.8, 4) is 0 Å². The van der Waals surface area contributed by atoms with Crippen molar-refractivity contribution < 1.29 is 5.11 Å². The number of thiol groups is 1. The molecule has 1 saturated heterocycles.